The highest BCUT2D eigenvalue weighted by Gasteiger charge is 2.19. The minimum Gasteiger partial charge on any atom is -0.456 e. The molecule has 0 aliphatic carbocycles. The summed E-state index contributed by atoms with van der Waals surface area (Å²) in [6, 6.07) is 64.0. The Morgan fingerprint density at radius 2 is 0.875 bits per heavy atom. The third-order valence-electron chi connectivity index (χ3n) is 11.2. The van der Waals surface area contributed by atoms with Crippen molar-refractivity contribution in [2.75, 3.05) is 0 Å². The molecule has 0 aliphatic heterocycles. The molecule has 0 unspecified atom stereocenters. The van der Waals surface area contributed by atoms with Crippen molar-refractivity contribution >= 4 is 76.1 Å². The molecule has 12 rings (SSSR count). The molecule has 0 saturated carbocycles. The van der Waals surface area contributed by atoms with Gasteiger partial charge >= 0.3 is 0 Å². The normalized spacial score (nSPS) is 11.9. The summed E-state index contributed by atoms with van der Waals surface area (Å²) in [6.07, 6.45) is 0. The van der Waals surface area contributed by atoms with E-state index in [0.717, 1.165) is 65.8 Å². The van der Waals surface area contributed by atoms with Crippen LogP contribution in [0.3, 0.4) is 0 Å². The van der Waals surface area contributed by atoms with Crippen LogP contribution in [0, 0.1) is 0 Å². The van der Waals surface area contributed by atoms with Crippen LogP contribution in [-0.2, 0) is 0 Å². The molecule has 9 aromatic carbocycles. The predicted octanol–water partition coefficient (Wildman–Crippen LogP) is 13.3. The van der Waals surface area contributed by atoms with E-state index in [0.29, 0.717) is 17.6 Å². The smallest absolute Gasteiger partial charge is 0.238 e. The second kappa shape index (κ2) is 11.9. The molecule has 12 aromatic rings. The number of para-hydroxylation sites is 2. The first-order valence-electron chi connectivity index (χ1n) is 18.8. The van der Waals surface area contributed by atoms with Crippen molar-refractivity contribution in [1.82, 2.24) is 19.5 Å². The fraction of sp³-hybridized carbons (Fsp3) is 0. The van der Waals surface area contributed by atoms with Gasteiger partial charge in [-0.15, -0.1) is 0 Å². The van der Waals surface area contributed by atoms with Crippen molar-refractivity contribution in [3.05, 3.63) is 182 Å². The lowest BCUT2D eigenvalue weighted by molar-refractivity contribution is 0.669. The zero-order valence-corrected chi connectivity index (χ0v) is 30.0. The van der Waals surface area contributed by atoms with Crippen LogP contribution in [0.25, 0.3) is 116 Å². The Bertz CT molecular complexity index is 3490. The summed E-state index contributed by atoms with van der Waals surface area (Å²) in [5, 5.41) is 11.7. The van der Waals surface area contributed by atoms with Crippen molar-refractivity contribution in [2.24, 2.45) is 0 Å². The molecule has 0 radical (unpaired) electrons. The van der Waals surface area contributed by atoms with Crippen molar-refractivity contribution in [1.29, 1.82) is 0 Å². The molecule has 0 spiro atoms. The Balaban J connectivity index is 1.06. The van der Waals surface area contributed by atoms with E-state index >= 15 is 0 Å². The third-order valence-corrected chi connectivity index (χ3v) is 11.2. The number of nitrogens with zero attached hydrogens (tertiary/aromatic N) is 4. The highest BCUT2D eigenvalue weighted by molar-refractivity contribution is 6.14. The van der Waals surface area contributed by atoms with Gasteiger partial charge in [-0.2, -0.15) is 9.97 Å². The highest BCUT2D eigenvalue weighted by Crippen LogP contribution is 2.38. The number of fused-ring (bicyclic) bond motifs is 10. The molecule has 0 saturated heterocycles. The first-order valence-corrected chi connectivity index (χ1v) is 18.8. The number of hydrogen-bond acceptors (Lipinski definition) is 4. The molecule has 0 atom stereocenters. The van der Waals surface area contributed by atoms with E-state index in [4.69, 9.17) is 19.4 Å². The molecule has 0 N–H and O–H groups in total. The van der Waals surface area contributed by atoms with Crippen molar-refractivity contribution < 1.29 is 4.42 Å². The van der Waals surface area contributed by atoms with Crippen LogP contribution in [-0.4, -0.2) is 19.5 Å². The summed E-state index contributed by atoms with van der Waals surface area (Å²) in [5.74, 6) is 1.76. The van der Waals surface area contributed by atoms with Gasteiger partial charge in [-0.1, -0.05) is 133 Å². The Morgan fingerprint density at radius 1 is 0.339 bits per heavy atom. The Kier molecular flexibility index (Phi) is 6.56. The van der Waals surface area contributed by atoms with E-state index in [2.05, 4.69) is 174 Å². The van der Waals surface area contributed by atoms with E-state index in [1.807, 2.05) is 12.1 Å². The van der Waals surface area contributed by atoms with Crippen LogP contribution < -0.4 is 0 Å². The average Bonchev–Trinajstić information content (AvgIpc) is 3.80. The van der Waals surface area contributed by atoms with Gasteiger partial charge in [0, 0.05) is 32.7 Å². The van der Waals surface area contributed by atoms with Gasteiger partial charge in [0.2, 0.25) is 5.95 Å². The zero-order chi connectivity index (χ0) is 36.7. The summed E-state index contributed by atoms with van der Waals surface area (Å²) in [7, 11) is 0. The Morgan fingerprint density at radius 3 is 1.61 bits per heavy atom. The van der Waals surface area contributed by atoms with Crippen LogP contribution in [0.15, 0.2) is 186 Å². The second-order valence-corrected chi connectivity index (χ2v) is 14.4. The highest BCUT2D eigenvalue weighted by atomic mass is 16.3. The van der Waals surface area contributed by atoms with Crippen LogP contribution in [0.2, 0.25) is 0 Å². The molecule has 5 heteroatoms. The maximum Gasteiger partial charge on any atom is 0.238 e. The predicted molar refractivity (Wildman–Crippen MR) is 230 cm³/mol. The third kappa shape index (κ3) is 4.71. The Labute approximate surface area is 320 Å². The molecule has 0 bridgehead atoms. The van der Waals surface area contributed by atoms with Gasteiger partial charge in [-0.3, -0.25) is 4.57 Å². The maximum absolute atomic E-state index is 6.36. The molecule has 0 amide bonds. The minimum absolute atomic E-state index is 0.565. The molecule has 0 aliphatic rings. The van der Waals surface area contributed by atoms with Crippen LogP contribution in [0.4, 0.5) is 0 Å². The fourth-order valence-electron chi connectivity index (χ4n) is 8.55. The zero-order valence-electron chi connectivity index (χ0n) is 30.0. The lowest BCUT2D eigenvalue weighted by Crippen LogP contribution is -2.06. The van der Waals surface area contributed by atoms with Gasteiger partial charge in [0.1, 0.15) is 11.2 Å². The van der Waals surface area contributed by atoms with Gasteiger partial charge in [0.15, 0.2) is 11.6 Å². The molecule has 260 valence electrons. The number of benzene rings is 9. The van der Waals surface area contributed by atoms with E-state index in [1.54, 1.807) is 0 Å². The van der Waals surface area contributed by atoms with E-state index in [9.17, 15) is 0 Å². The molecular formula is C51H30N4O. The molecule has 3 heterocycles. The number of aromatic nitrogens is 4. The van der Waals surface area contributed by atoms with E-state index in [-0.39, 0.29) is 0 Å². The van der Waals surface area contributed by atoms with E-state index < -0.39 is 0 Å². The molecular weight excluding hydrogens is 685 g/mol. The fourth-order valence-corrected chi connectivity index (χ4v) is 8.55. The summed E-state index contributed by atoms with van der Waals surface area (Å²) in [6.45, 7) is 0. The number of hydrogen-bond donors (Lipinski definition) is 0. The van der Waals surface area contributed by atoms with Crippen molar-refractivity contribution in [2.45, 2.75) is 0 Å². The standard InChI is InChI=1S/C51H30N4O/c1-2-12-34-30-48-44(27-33(34)11-1)43-29-36(25-26-47(43)56-48)50-52-49(53-51(54-50)55-45-19-9-7-17-40(45)41-18-8-10-20-46(41)55)32-23-21-31(22-24-32)42-28-35-13-3-4-14-37(35)38-15-5-6-16-39(38)42/h1-30H. The summed E-state index contributed by atoms with van der Waals surface area (Å²) in [4.78, 5) is 15.6. The summed E-state index contributed by atoms with van der Waals surface area (Å²) in [5.41, 5.74) is 7.89. The van der Waals surface area contributed by atoms with Crippen LogP contribution >= 0.6 is 0 Å². The maximum atomic E-state index is 6.36. The van der Waals surface area contributed by atoms with Crippen LogP contribution in [0.1, 0.15) is 0 Å². The van der Waals surface area contributed by atoms with Crippen molar-refractivity contribution in [3.8, 4) is 39.9 Å². The van der Waals surface area contributed by atoms with Gasteiger partial charge in [-0.05, 0) is 92.0 Å². The topological polar surface area (TPSA) is 56.7 Å². The van der Waals surface area contributed by atoms with Gasteiger partial charge in [0.25, 0.3) is 0 Å². The number of furan rings is 1. The molecule has 0 fully saturated rings. The van der Waals surface area contributed by atoms with Crippen LogP contribution in [0.5, 0.6) is 0 Å². The number of rotatable bonds is 4. The van der Waals surface area contributed by atoms with Gasteiger partial charge in [0.05, 0.1) is 11.0 Å². The van der Waals surface area contributed by atoms with Gasteiger partial charge in [-0.25, -0.2) is 4.98 Å². The monoisotopic (exact) mass is 714 g/mol. The van der Waals surface area contributed by atoms with Crippen molar-refractivity contribution in [3.63, 3.8) is 0 Å². The summed E-state index contributed by atoms with van der Waals surface area (Å²) < 4.78 is 8.52. The first kappa shape index (κ1) is 30.8. The quantitative estimate of drug-likeness (QED) is 0.170. The molecule has 56 heavy (non-hydrogen) atoms. The first-order chi connectivity index (χ1) is 27.7. The second-order valence-electron chi connectivity index (χ2n) is 14.4. The SMILES string of the molecule is c1ccc2cc3c(cc2c1)oc1ccc(-c2nc(-c4ccc(-c5cc6ccccc6c6ccccc56)cc4)nc(-n4c5ccccc5c5ccccc54)n2)cc13. The lowest BCUT2D eigenvalue weighted by atomic mass is 9.93. The van der Waals surface area contributed by atoms with Gasteiger partial charge < -0.3 is 4.42 Å². The average molecular weight is 715 g/mol. The summed E-state index contributed by atoms with van der Waals surface area (Å²) >= 11 is 0. The Hall–Kier alpha value is -7.63. The molecule has 5 nitrogen and oxygen atoms in total. The van der Waals surface area contributed by atoms with E-state index in [1.165, 1.54) is 32.5 Å². The minimum atomic E-state index is 0.565. The lowest BCUT2D eigenvalue weighted by Gasteiger charge is -2.13. The largest absolute Gasteiger partial charge is 0.456 e. The molecule has 3 aromatic heterocycles.